The molecule has 2 rings (SSSR count). The lowest BCUT2D eigenvalue weighted by Crippen LogP contribution is -2.43. The molecule has 2 heterocycles. The van der Waals surface area contributed by atoms with Crippen molar-refractivity contribution in [2.45, 2.75) is 25.3 Å². The molecule has 2 saturated heterocycles. The van der Waals surface area contributed by atoms with Crippen LogP contribution in [-0.2, 0) is 9.53 Å². The maximum Gasteiger partial charge on any atom is 0.239 e. The van der Waals surface area contributed by atoms with Gasteiger partial charge in [-0.05, 0) is 25.8 Å². The standard InChI is InChI=1S/C11H20N2O2/c1-13(7-9-4-6-15-8-9)11(14)10-3-2-5-12-10/h9-10,12H,2-8H2,1H3/t9?,10-/m0/s1. The van der Waals surface area contributed by atoms with Crippen molar-refractivity contribution in [3.05, 3.63) is 0 Å². The summed E-state index contributed by atoms with van der Waals surface area (Å²) >= 11 is 0. The van der Waals surface area contributed by atoms with E-state index in [0.717, 1.165) is 45.6 Å². The first-order chi connectivity index (χ1) is 7.27. The Labute approximate surface area is 91.0 Å². The molecule has 15 heavy (non-hydrogen) atoms. The molecule has 1 unspecified atom stereocenters. The summed E-state index contributed by atoms with van der Waals surface area (Å²) in [6.45, 7) is 3.50. The number of rotatable bonds is 3. The van der Waals surface area contributed by atoms with Gasteiger partial charge in [0.2, 0.25) is 5.91 Å². The van der Waals surface area contributed by atoms with Crippen LogP contribution in [0.4, 0.5) is 0 Å². The molecule has 0 bridgehead atoms. The molecular weight excluding hydrogens is 192 g/mol. The molecule has 2 fully saturated rings. The van der Waals surface area contributed by atoms with E-state index in [1.165, 1.54) is 0 Å². The summed E-state index contributed by atoms with van der Waals surface area (Å²) in [6.07, 6.45) is 3.21. The first-order valence-corrected chi connectivity index (χ1v) is 5.83. The lowest BCUT2D eigenvalue weighted by molar-refractivity contribution is -0.132. The second-order valence-corrected chi connectivity index (χ2v) is 4.60. The predicted octanol–water partition coefficient (Wildman–Crippen LogP) is 0.233. The molecule has 2 aliphatic heterocycles. The molecular formula is C11H20N2O2. The summed E-state index contributed by atoms with van der Waals surface area (Å²) in [7, 11) is 1.90. The summed E-state index contributed by atoms with van der Waals surface area (Å²) in [4.78, 5) is 13.8. The quantitative estimate of drug-likeness (QED) is 0.728. The van der Waals surface area contributed by atoms with E-state index in [1.807, 2.05) is 11.9 Å². The number of ether oxygens (including phenoxy) is 1. The van der Waals surface area contributed by atoms with Gasteiger partial charge in [0.15, 0.2) is 0 Å². The van der Waals surface area contributed by atoms with Gasteiger partial charge in [-0.3, -0.25) is 4.79 Å². The van der Waals surface area contributed by atoms with Crippen molar-refractivity contribution < 1.29 is 9.53 Å². The average Bonchev–Trinajstić information content (AvgIpc) is 2.88. The molecule has 1 amide bonds. The van der Waals surface area contributed by atoms with Gasteiger partial charge in [0.1, 0.15) is 0 Å². The van der Waals surface area contributed by atoms with Crippen LogP contribution in [0.25, 0.3) is 0 Å². The molecule has 4 heteroatoms. The number of amides is 1. The van der Waals surface area contributed by atoms with E-state index in [-0.39, 0.29) is 11.9 Å². The van der Waals surface area contributed by atoms with Gasteiger partial charge in [0.05, 0.1) is 12.6 Å². The number of nitrogens with zero attached hydrogens (tertiary/aromatic N) is 1. The van der Waals surface area contributed by atoms with Crippen molar-refractivity contribution in [3.63, 3.8) is 0 Å². The first kappa shape index (κ1) is 10.9. The van der Waals surface area contributed by atoms with Crippen LogP contribution in [0.2, 0.25) is 0 Å². The maximum absolute atomic E-state index is 12.0. The Balaban J connectivity index is 1.78. The number of nitrogens with one attached hydrogen (secondary N) is 1. The molecule has 0 aromatic heterocycles. The average molecular weight is 212 g/mol. The van der Waals surface area contributed by atoms with Crippen LogP contribution in [0.15, 0.2) is 0 Å². The van der Waals surface area contributed by atoms with Crippen molar-refractivity contribution >= 4 is 5.91 Å². The molecule has 2 atom stereocenters. The van der Waals surface area contributed by atoms with Gasteiger partial charge in [-0.1, -0.05) is 0 Å². The van der Waals surface area contributed by atoms with Gasteiger partial charge < -0.3 is 15.0 Å². The smallest absolute Gasteiger partial charge is 0.239 e. The Bertz CT molecular complexity index is 221. The Morgan fingerprint density at radius 2 is 2.40 bits per heavy atom. The zero-order valence-corrected chi connectivity index (χ0v) is 9.37. The molecule has 1 N–H and O–H groups in total. The Hall–Kier alpha value is -0.610. The fourth-order valence-corrected chi connectivity index (χ4v) is 2.37. The van der Waals surface area contributed by atoms with Crippen molar-refractivity contribution in [3.8, 4) is 0 Å². The van der Waals surface area contributed by atoms with Crippen LogP contribution >= 0.6 is 0 Å². The zero-order chi connectivity index (χ0) is 10.7. The monoisotopic (exact) mass is 212 g/mol. The summed E-state index contributed by atoms with van der Waals surface area (Å²) in [5.74, 6) is 0.791. The summed E-state index contributed by atoms with van der Waals surface area (Å²) in [5.41, 5.74) is 0. The highest BCUT2D eigenvalue weighted by Crippen LogP contribution is 2.15. The molecule has 0 spiro atoms. The predicted molar refractivity (Wildman–Crippen MR) is 57.6 cm³/mol. The number of hydrogen-bond acceptors (Lipinski definition) is 3. The molecule has 4 nitrogen and oxygen atoms in total. The fraction of sp³-hybridized carbons (Fsp3) is 0.909. The molecule has 0 radical (unpaired) electrons. The van der Waals surface area contributed by atoms with E-state index < -0.39 is 0 Å². The Morgan fingerprint density at radius 3 is 3.00 bits per heavy atom. The van der Waals surface area contributed by atoms with Gasteiger partial charge in [-0.25, -0.2) is 0 Å². The van der Waals surface area contributed by atoms with Crippen LogP contribution in [0.3, 0.4) is 0 Å². The van der Waals surface area contributed by atoms with E-state index >= 15 is 0 Å². The molecule has 0 saturated carbocycles. The third-order valence-electron chi connectivity index (χ3n) is 3.29. The largest absolute Gasteiger partial charge is 0.381 e. The van der Waals surface area contributed by atoms with Crippen molar-refractivity contribution in [2.24, 2.45) is 5.92 Å². The van der Waals surface area contributed by atoms with Gasteiger partial charge in [0.25, 0.3) is 0 Å². The second-order valence-electron chi connectivity index (χ2n) is 4.60. The molecule has 2 aliphatic rings. The molecule has 0 aromatic rings. The summed E-state index contributed by atoms with van der Waals surface area (Å²) in [5, 5.41) is 3.24. The first-order valence-electron chi connectivity index (χ1n) is 5.83. The number of hydrogen-bond donors (Lipinski definition) is 1. The lowest BCUT2D eigenvalue weighted by atomic mass is 10.1. The highest BCUT2D eigenvalue weighted by atomic mass is 16.5. The minimum atomic E-state index is 0.0670. The SMILES string of the molecule is CN(CC1CCOC1)C(=O)[C@@H]1CCCN1. The fourth-order valence-electron chi connectivity index (χ4n) is 2.37. The van der Waals surface area contributed by atoms with Gasteiger partial charge in [-0.2, -0.15) is 0 Å². The van der Waals surface area contributed by atoms with E-state index in [4.69, 9.17) is 4.74 Å². The molecule has 86 valence electrons. The minimum absolute atomic E-state index is 0.0670. The second kappa shape index (κ2) is 4.94. The van der Waals surface area contributed by atoms with Gasteiger partial charge >= 0.3 is 0 Å². The van der Waals surface area contributed by atoms with E-state index in [1.54, 1.807) is 0 Å². The zero-order valence-electron chi connectivity index (χ0n) is 9.37. The highest BCUT2D eigenvalue weighted by molar-refractivity contribution is 5.81. The Morgan fingerprint density at radius 1 is 1.53 bits per heavy atom. The van der Waals surface area contributed by atoms with E-state index in [0.29, 0.717) is 5.92 Å². The lowest BCUT2D eigenvalue weighted by Gasteiger charge is -2.23. The number of carbonyl (C=O) groups is 1. The third-order valence-corrected chi connectivity index (χ3v) is 3.29. The summed E-state index contributed by atoms with van der Waals surface area (Å²) < 4.78 is 5.31. The van der Waals surface area contributed by atoms with Gasteiger partial charge in [-0.15, -0.1) is 0 Å². The highest BCUT2D eigenvalue weighted by Gasteiger charge is 2.27. The van der Waals surface area contributed by atoms with E-state index in [9.17, 15) is 4.79 Å². The van der Waals surface area contributed by atoms with Crippen molar-refractivity contribution in [2.75, 3.05) is 33.4 Å². The number of carbonyl (C=O) groups excluding carboxylic acids is 1. The third kappa shape index (κ3) is 2.69. The van der Waals surface area contributed by atoms with Crippen LogP contribution < -0.4 is 5.32 Å². The molecule has 0 aliphatic carbocycles. The maximum atomic E-state index is 12.0. The van der Waals surface area contributed by atoms with Crippen LogP contribution in [0, 0.1) is 5.92 Å². The van der Waals surface area contributed by atoms with Crippen LogP contribution in [0.5, 0.6) is 0 Å². The summed E-state index contributed by atoms with van der Waals surface area (Å²) in [6, 6.07) is 0.0670. The molecule has 0 aromatic carbocycles. The van der Waals surface area contributed by atoms with Crippen LogP contribution in [-0.4, -0.2) is 50.2 Å². The van der Waals surface area contributed by atoms with Crippen LogP contribution in [0.1, 0.15) is 19.3 Å². The minimum Gasteiger partial charge on any atom is -0.381 e. The van der Waals surface area contributed by atoms with Gasteiger partial charge in [0, 0.05) is 26.1 Å². The van der Waals surface area contributed by atoms with E-state index in [2.05, 4.69) is 5.32 Å². The van der Waals surface area contributed by atoms with Crippen molar-refractivity contribution in [1.29, 1.82) is 0 Å². The normalized spacial score (nSPS) is 30.7. The Kier molecular flexibility index (Phi) is 3.59. The van der Waals surface area contributed by atoms with Crippen molar-refractivity contribution in [1.82, 2.24) is 10.2 Å². The topological polar surface area (TPSA) is 41.6 Å². The number of likely N-dealkylation sites (N-methyl/N-ethyl adjacent to an activating group) is 1.